The lowest BCUT2D eigenvalue weighted by molar-refractivity contribution is -0.385. The van der Waals surface area contributed by atoms with Crippen LogP contribution in [0.1, 0.15) is 93.5 Å². The van der Waals surface area contributed by atoms with Gasteiger partial charge in [-0.25, -0.2) is 0 Å². The Morgan fingerprint density at radius 2 is 0.747 bits per heavy atom. The fraction of sp³-hybridized carbons (Fsp3) is 0.273. The van der Waals surface area contributed by atoms with Gasteiger partial charge in [0.1, 0.15) is 11.5 Å². The van der Waals surface area contributed by atoms with Crippen molar-refractivity contribution in [2.24, 2.45) is 0 Å². The Hall–Kier alpha value is -6.08. The summed E-state index contributed by atoms with van der Waals surface area (Å²) in [6, 6.07) is 57.7. The van der Waals surface area contributed by atoms with Gasteiger partial charge < -0.3 is 9.47 Å². The summed E-state index contributed by atoms with van der Waals surface area (Å²) in [6.45, 7) is 30.1. The van der Waals surface area contributed by atoms with Crippen molar-refractivity contribution >= 4 is 52.1 Å². The van der Waals surface area contributed by atoms with Crippen LogP contribution in [0.15, 0.2) is 176 Å². The third-order valence-electron chi connectivity index (χ3n) is 10.2. The molecule has 8 aromatic rings. The number of benzene rings is 8. The number of hydrogen-bond donors (Lipinski definition) is 0. The van der Waals surface area contributed by atoms with Crippen molar-refractivity contribution < 1.29 is 14.4 Å². The third kappa shape index (κ3) is 32.8. The molecule has 0 saturated carbocycles. The highest BCUT2D eigenvalue weighted by Crippen LogP contribution is 2.22. The first-order chi connectivity index (χ1) is 35.5. The minimum Gasteiger partial charge on any atom is -0.494 e. The number of halogens is 4. The average Bonchev–Trinajstić information content (AvgIpc) is 3.34. The molecule has 9 heteroatoms. The SMILES string of the molecule is CCCOc1ccc(C)cc1.CCCOc1cccc(C)c1.Cc1c(Cl)cccc1Cl.Cc1cc(C)cc(C)c1.Cc1cc(Cl)cc(Cl)c1.Cc1ccc(C)c([N+](=O)[O-])c1.Cc1cccc(C)c1.Cc1ccccc1. The molecule has 8 aromatic carbocycles. The molecule has 0 unspecified atom stereocenters. The highest BCUT2D eigenvalue weighted by Gasteiger charge is 2.08. The second-order valence-electron chi connectivity index (χ2n) is 18.1. The summed E-state index contributed by atoms with van der Waals surface area (Å²) in [5, 5.41) is 13.2. The molecule has 0 aromatic heterocycles. The molecule has 0 N–H and O–H groups in total. The van der Waals surface area contributed by atoms with E-state index in [1.54, 1.807) is 25.1 Å². The summed E-state index contributed by atoms with van der Waals surface area (Å²) in [7, 11) is 0. The van der Waals surface area contributed by atoms with E-state index in [4.69, 9.17) is 55.9 Å². The molecule has 0 aliphatic heterocycles. The Bertz CT molecular complexity index is 2660. The summed E-state index contributed by atoms with van der Waals surface area (Å²) < 4.78 is 10.8. The Morgan fingerprint density at radius 1 is 0.373 bits per heavy atom. The second kappa shape index (κ2) is 38.5. The molecule has 0 aliphatic carbocycles. The standard InChI is InChI=1S/2C10H14O.C9H12.C8H9NO2.C8H10.2C7H6Cl2.C7H8/c1-3-8-11-10-6-4-9(2)5-7-10;1-3-7-11-10-6-4-5-9(2)8-10;1-7-4-8(2)6-9(3)5-7;1-6-3-4-7(2)8(5-6)9(10)11;1-7-4-3-5-8(2)6-7;1-5-2-6(8)4-7(9)3-5;1-5-6(8)3-2-4-7(5)9;1-7-5-3-2-4-6-7/h4-7H,3,8H2,1-2H3;4-6,8H,3,7H2,1-2H3;4-6H,1-3H3;3-5H,1-2H3;3-6H,1-2H3;2*2-4H,1H3;2-6H,1H3. The van der Waals surface area contributed by atoms with Crippen LogP contribution in [-0.2, 0) is 0 Å². The van der Waals surface area contributed by atoms with Crippen LogP contribution in [0.5, 0.6) is 11.5 Å². The van der Waals surface area contributed by atoms with Gasteiger partial charge in [-0.15, -0.1) is 0 Å². The summed E-state index contributed by atoms with van der Waals surface area (Å²) in [6.07, 6.45) is 2.13. The molecule has 5 nitrogen and oxygen atoms in total. The molecular weight excluding hydrogens is 1010 g/mol. The zero-order valence-corrected chi connectivity index (χ0v) is 49.7. The number of aryl methyl sites for hydroxylation is 11. The minimum atomic E-state index is -0.359. The van der Waals surface area contributed by atoms with Crippen LogP contribution < -0.4 is 9.47 Å². The molecule has 0 saturated heterocycles. The molecule has 0 fully saturated rings. The second-order valence-corrected chi connectivity index (χ2v) is 19.8. The van der Waals surface area contributed by atoms with Crippen molar-refractivity contribution in [1.29, 1.82) is 0 Å². The van der Waals surface area contributed by atoms with Gasteiger partial charge in [-0.3, -0.25) is 10.1 Å². The number of nitrogens with zero attached hydrogens (tertiary/aromatic N) is 1. The van der Waals surface area contributed by atoms with Gasteiger partial charge in [0.15, 0.2) is 0 Å². The molecule has 0 radical (unpaired) electrons. The Morgan fingerprint density at radius 3 is 1.12 bits per heavy atom. The van der Waals surface area contributed by atoms with Gasteiger partial charge in [0.2, 0.25) is 0 Å². The van der Waals surface area contributed by atoms with Crippen LogP contribution >= 0.6 is 46.4 Å². The van der Waals surface area contributed by atoms with Crippen LogP contribution in [-0.4, -0.2) is 18.1 Å². The molecule has 0 amide bonds. The Kier molecular flexibility index (Phi) is 34.3. The van der Waals surface area contributed by atoms with E-state index in [2.05, 4.69) is 148 Å². The molecule has 400 valence electrons. The number of ether oxygens (including phenoxy) is 2. The van der Waals surface area contributed by atoms with Crippen molar-refractivity contribution in [1.82, 2.24) is 0 Å². The van der Waals surface area contributed by atoms with E-state index >= 15 is 0 Å². The van der Waals surface area contributed by atoms with Gasteiger partial charge in [0, 0.05) is 31.7 Å². The largest absolute Gasteiger partial charge is 0.494 e. The molecule has 0 atom stereocenters. The number of rotatable bonds is 7. The lowest BCUT2D eigenvalue weighted by Gasteiger charge is -2.03. The Balaban J connectivity index is 0.000000430. The first kappa shape index (κ1) is 66.9. The van der Waals surface area contributed by atoms with E-state index in [0.29, 0.717) is 15.6 Å². The van der Waals surface area contributed by atoms with E-state index in [0.717, 1.165) is 64.3 Å². The van der Waals surface area contributed by atoms with Crippen molar-refractivity contribution in [2.45, 2.75) is 110 Å². The topological polar surface area (TPSA) is 61.6 Å². The van der Waals surface area contributed by atoms with E-state index in [1.807, 2.05) is 99.6 Å². The monoisotopic (exact) mass is 1090 g/mol. The van der Waals surface area contributed by atoms with Gasteiger partial charge in [-0.2, -0.15) is 0 Å². The normalized spacial score (nSPS) is 9.52. The van der Waals surface area contributed by atoms with Crippen LogP contribution in [0.3, 0.4) is 0 Å². The van der Waals surface area contributed by atoms with Crippen LogP contribution in [0.25, 0.3) is 0 Å². The van der Waals surface area contributed by atoms with E-state index in [1.165, 1.54) is 44.5 Å². The molecule has 8 rings (SSSR count). The van der Waals surface area contributed by atoms with Gasteiger partial charge >= 0.3 is 0 Å². The zero-order chi connectivity index (χ0) is 56.3. The van der Waals surface area contributed by atoms with E-state index < -0.39 is 0 Å². The summed E-state index contributed by atoms with van der Waals surface area (Å²) in [4.78, 5) is 10.0. The summed E-state index contributed by atoms with van der Waals surface area (Å²) >= 11 is 22.8. The summed E-state index contributed by atoms with van der Waals surface area (Å²) in [5.41, 5.74) is 14.4. The molecule has 0 heterocycles. The maximum Gasteiger partial charge on any atom is 0.272 e. The van der Waals surface area contributed by atoms with Crippen molar-refractivity contribution in [3.05, 3.63) is 273 Å². The highest BCUT2D eigenvalue weighted by atomic mass is 35.5. The zero-order valence-electron chi connectivity index (χ0n) is 46.7. The molecular formula is C66H79Cl4NO4. The lowest BCUT2D eigenvalue weighted by atomic mass is 10.1. The van der Waals surface area contributed by atoms with Crippen LogP contribution in [0.2, 0.25) is 20.1 Å². The maximum absolute atomic E-state index is 10.4. The first-order valence-corrected chi connectivity index (χ1v) is 26.6. The molecule has 0 bridgehead atoms. The smallest absolute Gasteiger partial charge is 0.272 e. The van der Waals surface area contributed by atoms with Crippen LogP contribution in [0, 0.1) is 93.2 Å². The first-order valence-electron chi connectivity index (χ1n) is 25.1. The van der Waals surface area contributed by atoms with Gasteiger partial charge in [-0.05, 0) is 173 Å². The highest BCUT2D eigenvalue weighted by molar-refractivity contribution is 6.36. The number of nitro groups is 1. The lowest BCUT2D eigenvalue weighted by Crippen LogP contribution is -1.94. The van der Waals surface area contributed by atoms with Crippen molar-refractivity contribution in [3.63, 3.8) is 0 Å². The van der Waals surface area contributed by atoms with Crippen LogP contribution in [0.4, 0.5) is 5.69 Å². The van der Waals surface area contributed by atoms with Gasteiger partial charge in [-0.1, -0.05) is 214 Å². The predicted molar refractivity (Wildman–Crippen MR) is 327 cm³/mol. The predicted octanol–water partition coefficient (Wildman–Crippen LogP) is 21.3. The third-order valence-corrected chi connectivity index (χ3v) is 11.5. The van der Waals surface area contributed by atoms with Gasteiger partial charge in [0.25, 0.3) is 5.69 Å². The van der Waals surface area contributed by atoms with Crippen molar-refractivity contribution in [2.75, 3.05) is 13.2 Å². The fourth-order valence-corrected chi connectivity index (χ4v) is 7.54. The molecule has 0 aliphatic rings. The number of hydrogen-bond acceptors (Lipinski definition) is 4. The average molecular weight is 1090 g/mol. The van der Waals surface area contributed by atoms with E-state index in [-0.39, 0.29) is 10.6 Å². The maximum atomic E-state index is 10.4. The fourth-order valence-electron chi connectivity index (χ4n) is 6.51. The van der Waals surface area contributed by atoms with Crippen molar-refractivity contribution in [3.8, 4) is 11.5 Å². The summed E-state index contributed by atoms with van der Waals surface area (Å²) in [5.74, 6) is 1.95. The van der Waals surface area contributed by atoms with Gasteiger partial charge in [0.05, 0.1) is 18.1 Å². The quantitative estimate of drug-likeness (QED) is 0.118. The van der Waals surface area contributed by atoms with E-state index in [9.17, 15) is 10.1 Å². The minimum absolute atomic E-state index is 0.199. The molecule has 75 heavy (non-hydrogen) atoms. The Labute approximate surface area is 471 Å². The molecule has 0 spiro atoms. The number of nitro benzene ring substituents is 1.